The fraction of sp³-hybridized carbons (Fsp3) is 0.409. The van der Waals surface area contributed by atoms with Crippen LogP contribution in [-0.2, 0) is 4.74 Å². The molecular formula is C22H29NO5S. The molecule has 0 heterocycles. The molecule has 0 aliphatic rings. The van der Waals surface area contributed by atoms with Crippen molar-refractivity contribution in [1.29, 1.82) is 0 Å². The molecule has 0 bridgehead atoms. The van der Waals surface area contributed by atoms with Gasteiger partial charge in [0.15, 0.2) is 0 Å². The lowest BCUT2D eigenvalue weighted by Gasteiger charge is -2.33. The zero-order chi connectivity index (χ0) is 21.3. The molecule has 0 saturated carbocycles. The van der Waals surface area contributed by atoms with Crippen LogP contribution in [0.3, 0.4) is 0 Å². The SMILES string of the molecule is CSc1ccc(NC(=O)O[C@H](c2ccc(OCCO)cc2)C(C)(C)CCO)cc1. The zero-order valence-corrected chi connectivity index (χ0v) is 17.9. The molecule has 2 aromatic carbocycles. The number of benzene rings is 2. The Labute approximate surface area is 176 Å². The van der Waals surface area contributed by atoms with Crippen molar-refractivity contribution in [2.45, 2.75) is 31.3 Å². The topological polar surface area (TPSA) is 88.0 Å². The van der Waals surface area contributed by atoms with Crippen LogP contribution in [0.4, 0.5) is 10.5 Å². The van der Waals surface area contributed by atoms with E-state index in [2.05, 4.69) is 5.32 Å². The van der Waals surface area contributed by atoms with Gasteiger partial charge in [-0.3, -0.25) is 5.32 Å². The third-order valence-electron chi connectivity index (χ3n) is 4.57. The number of rotatable bonds is 10. The first-order valence-electron chi connectivity index (χ1n) is 9.46. The van der Waals surface area contributed by atoms with Crippen molar-refractivity contribution in [3.8, 4) is 5.75 Å². The molecular weight excluding hydrogens is 390 g/mol. The average Bonchev–Trinajstić information content (AvgIpc) is 2.71. The molecule has 2 rings (SSSR count). The lowest BCUT2D eigenvalue weighted by molar-refractivity contribution is 0.0152. The van der Waals surface area contributed by atoms with Crippen LogP contribution in [0, 0.1) is 5.41 Å². The smallest absolute Gasteiger partial charge is 0.412 e. The van der Waals surface area contributed by atoms with Crippen LogP contribution in [0.25, 0.3) is 0 Å². The molecule has 1 atom stereocenters. The maximum absolute atomic E-state index is 12.6. The van der Waals surface area contributed by atoms with Gasteiger partial charge in [0.2, 0.25) is 0 Å². The van der Waals surface area contributed by atoms with Gasteiger partial charge in [-0.2, -0.15) is 0 Å². The first kappa shape index (κ1) is 23.1. The molecule has 0 aliphatic carbocycles. The molecule has 158 valence electrons. The van der Waals surface area contributed by atoms with Crippen LogP contribution >= 0.6 is 11.8 Å². The van der Waals surface area contributed by atoms with E-state index in [1.807, 2.05) is 56.5 Å². The summed E-state index contributed by atoms with van der Waals surface area (Å²) in [6.07, 6.45) is 1.34. The van der Waals surface area contributed by atoms with Crippen LogP contribution in [0.15, 0.2) is 53.4 Å². The van der Waals surface area contributed by atoms with Crippen molar-refractivity contribution >= 4 is 23.5 Å². The Morgan fingerprint density at radius 1 is 1.07 bits per heavy atom. The molecule has 3 N–H and O–H groups in total. The van der Waals surface area contributed by atoms with E-state index in [1.54, 1.807) is 23.9 Å². The van der Waals surface area contributed by atoms with E-state index < -0.39 is 17.6 Å². The number of hydrogen-bond acceptors (Lipinski definition) is 6. The molecule has 2 aromatic rings. The van der Waals surface area contributed by atoms with E-state index in [0.29, 0.717) is 17.9 Å². The van der Waals surface area contributed by atoms with Crippen LogP contribution in [0.5, 0.6) is 5.75 Å². The maximum atomic E-state index is 12.6. The summed E-state index contributed by atoms with van der Waals surface area (Å²) in [6, 6.07) is 14.7. The Morgan fingerprint density at radius 2 is 1.72 bits per heavy atom. The Morgan fingerprint density at radius 3 is 2.28 bits per heavy atom. The highest BCUT2D eigenvalue weighted by molar-refractivity contribution is 7.98. The molecule has 0 radical (unpaired) electrons. The number of carbonyl (C=O) groups excluding carboxylic acids is 1. The van der Waals surface area contributed by atoms with Crippen molar-refractivity contribution < 1.29 is 24.5 Å². The van der Waals surface area contributed by atoms with Crippen LogP contribution in [0.1, 0.15) is 31.9 Å². The van der Waals surface area contributed by atoms with Crippen molar-refractivity contribution in [2.24, 2.45) is 5.41 Å². The van der Waals surface area contributed by atoms with E-state index >= 15 is 0 Å². The molecule has 29 heavy (non-hydrogen) atoms. The summed E-state index contributed by atoms with van der Waals surface area (Å²) in [5.74, 6) is 0.625. The normalized spacial score (nSPS) is 12.3. The number of nitrogens with one attached hydrogen (secondary N) is 1. The van der Waals surface area contributed by atoms with Gasteiger partial charge in [-0.25, -0.2) is 4.79 Å². The lowest BCUT2D eigenvalue weighted by atomic mass is 9.80. The molecule has 0 saturated heterocycles. The number of aliphatic hydroxyl groups excluding tert-OH is 2. The Balaban J connectivity index is 2.15. The highest BCUT2D eigenvalue weighted by Crippen LogP contribution is 2.40. The third kappa shape index (κ3) is 6.96. The molecule has 0 spiro atoms. The fourth-order valence-corrected chi connectivity index (χ4v) is 3.34. The number of carbonyl (C=O) groups is 1. The van der Waals surface area contributed by atoms with E-state index in [4.69, 9.17) is 14.6 Å². The minimum Gasteiger partial charge on any atom is -0.491 e. The van der Waals surface area contributed by atoms with Crippen molar-refractivity contribution in [1.82, 2.24) is 0 Å². The second kappa shape index (κ2) is 11.1. The zero-order valence-electron chi connectivity index (χ0n) is 17.1. The quantitative estimate of drug-likeness (QED) is 0.492. The Kier molecular flexibility index (Phi) is 8.82. The third-order valence-corrected chi connectivity index (χ3v) is 5.31. The van der Waals surface area contributed by atoms with Crippen LogP contribution < -0.4 is 10.1 Å². The highest BCUT2D eigenvalue weighted by Gasteiger charge is 2.34. The predicted octanol–water partition coefficient (Wildman–Crippen LogP) is 4.48. The molecule has 0 aromatic heterocycles. The summed E-state index contributed by atoms with van der Waals surface area (Å²) in [7, 11) is 0. The summed E-state index contributed by atoms with van der Waals surface area (Å²) in [4.78, 5) is 13.7. The minimum atomic E-state index is -0.563. The van der Waals surface area contributed by atoms with Gasteiger partial charge in [0.25, 0.3) is 0 Å². The average molecular weight is 420 g/mol. The monoisotopic (exact) mass is 419 g/mol. The summed E-state index contributed by atoms with van der Waals surface area (Å²) >= 11 is 1.63. The molecule has 0 unspecified atom stereocenters. The predicted molar refractivity (Wildman–Crippen MR) is 116 cm³/mol. The molecule has 0 fully saturated rings. The second-order valence-corrected chi connectivity index (χ2v) is 8.12. The lowest BCUT2D eigenvalue weighted by Crippen LogP contribution is -2.29. The molecule has 1 amide bonds. The number of ether oxygens (including phenoxy) is 2. The molecule has 7 heteroatoms. The van der Waals surface area contributed by atoms with Crippen LogP contribution in [0.2, 0.25) is 0 Å². The first-order valence-corrected chi connectivity index (χ1v) is 10.7. The van der Waals surface area contributed by atoms with Crippen molar-refractivity contribution in [3.05, 3.63) is 54.1 Å². The fourth-order valence-electron chi connectivity index (χ4n) is 2.93. The van der Waals surface area contributed by atoms with Gasteiger partial charge < -0.3 is 19.7 Å². The van der Waals surface area contributed by atoms with Gasteiger partial charge >= 0.3 is 6.09 Å². The minimum absolute atomic E-state index is 0.0116. The number of anilines is 1. The van der Waals surface area contributed by atoms with E-state index in [0.717, 1.165) is 10.5 Å². The molecule has 6 nitrogen and oxygen atoms in total. The molecule has 0 aliphatic heterocycles. The summed E-state index contributed by atoms with van der Waals surface area (Å²) < 4.78 is 11.2. The van der Waals surface area contributed by atoms with E-state index in [9.17, 15) is 9.90 Å². The summed E-state index contributed by atoms with van der Waals surface area (Å²) in [6.45, 7) is 4.04. The highest BCUT2D eigenvalue weighted by atomic mass is 32.2. The van der Waals surface area contributed by atoms with Gasteiger partial charge in [0, 0.05) is 22.6 Å². The van der Waals surface area contributed by atoms with Gasteiger partial charge in [-0.05, 0) is 54.6 Å². The van der Waals surface area contributed by atoms with Crippen molar-refractivity contribution in [2.75, 3.05) is 31.4 Å². The largest absolute Gasteiger partial charge is 0.491 e. The summed E-state index contributed by atoms with van der Waals surface area (Å²) in [5, 5.41) is 21.1. The summed E-state index contributed by atoms with van der Waals surface area (Å²) in [5.41, 5.74) is 0.967. The van der Waals surface area contributed by atoms with Crippen molar-refractivity contribution in [3.63, 3.8) is 0 Å². The Bertz CT molecular complexity index is 762. The van der Waals surface area contributed by atoms with E-state index in [1.165, 1.54) is 0 Å². The number of hydrogen-bond donors (Lipinski definition) is 3. The number of aliphatic hydroxyl groups is 2. The van der Waals surface area contributed by atoms with Gasteiger partial charge in [-0.15, -0.1) is 11.8 Å². The van der Waals surface area contributed by atoms with Gasteiger partial charge in [-0.1, -0.05) is 26.0 Å². The van der Waals surface area contributed by atoms with E-state index in [-0.39, 0.29) is 19.8 Å². The maximum Gasteiger partial charge on any atom is 0.412 e. The van der Waals surface area contributed by atoms with Crippen LogP contribution in [-0.4, -0.2) is 42.4 Å². The van der Waals surface area contributed by atoms with Gasteiger partial charge in [0.05, 0.1) is 6.61 Å². The number of amides is 1. The van der Waals surface area contributed by atoms with Gasteiger partial charge in [0.1, 0.15) is 18.5 Å². The standard InChI is InChI=1S/C22H29NO5S/c1-22(2,12-13-24)20(16-4-8-18(9-5-16)27-15-14-25)28-21(26)23-17-6-10-19(29-3)11-7-17/h4-11,20,24-25H,12-15H2,1-3H3,(H,23,26)/t20-/m1/s1. The first-order chi connectivity index (χ1) is 13.9. The number of thioether (sulfide) groups is 1. The second-order valence-electron chi connectivity index (χ2n) is 7.24. The Hall–Kier alpha value is -2.22.